The first-order valence-electron chi connectivity index (χ1n) is 3.77. The lowest BCUT2D eigenvalue weighted by atomic mass is 10.4. The number of hydrogen-bond acceptors (Lipinski definition) is 3. The highest BCUT2D eigenvalue weighted by Crippen LogP contribution is 1.83. The number of hydrogen-bond donors (Lipinski definition) is 3. The van der Waals surface area contributed by atoms with Crippen molar-refractivity contribution in [2.24, 2.45) is 5.73 Å². The van der Waals surface area contributed by atoms with Crippen LogP contribution in [0.1, 0.15) is 19.8 Å². The third-order valence-corrected chi connectivity index (χ3v) is 1.04. The van der Waals surface area contributed by atoms with Crippen LogP contribution in [0.2, 0.25) is 0 Å². The molecule has 0 aromatic carbocycles. The second kappa shape index (κ2) is 7.31. The molecular weight excluding hydrogens is 140 g/mol. The van der Waals surface area contributed by atoms with Crippen molar-refractivity contribution >= 4 is 0 Å². The average Bonchev–Trinajstić information content (AvgIpc) is 1.96. The van der Waals surface area contributed by atoms with E-state index in [0.29, 0.717) is 6.42 Å². The fraction of sp³-hybridized carbons (Fsp3) is 0.500. The minimum atomic E-state index is -0.747. The number of allylic oxidation sites excluding steroid dienone is 1. The Morgan fingerprint density at radius 2 is 2.09 bits per heavy atom. The van der Waals surface area contributed by atoms with Gasteiger partial charge in [0.25, 0.3) is 0 Å². The van der Waals surface area contributed by atoms with Crippen LogP contribution in [0.3, 0.4) is 0 Å². The molecule has 0 aliphatic heterocycles. The lowest BCUT2D eigenvalue weighted by Crippen LogP contribution is -2.17. The van der Waals surface area contributed by atoms with Crippen LogP contribution in [0.5, 0.6) is 0 Å². The Morgan fingerprint density at radius 3 is 2.64 bits per heavy atom. The Hall–Kier alpha value is -0.800. The van der Waals surface area contributed by atoms with Crippen LogP contribution in [-0.4, -0.2) is 11.3 Å². The molecule has 0 saturated heterocycles. The van der Waals surface area contributed by atoms with Crippen molar-refractivity contribution in [2.45, 2.75) is 26.0 Å². The van der Waals surface area contributed by atoms with Gasteiger partial charge in [0.15, 0.2) is 0 Å². The molecule has 11 heavy (non-hydrogen) atoms. The molecule has 0 rings (SSSR count). The molecule has 0 spiro atoms. The Balaban J connectivity index is 3.23. The van der Waals surface area contributed by atoms with Gasteiger partial charge in [-0.2, -0.15) is 0 Å². The van der Waals surface area contributed by atoms with Crippen LogP contribution in [0.4, 0.5) is 0 Å². The molecule has 0 bridgehead atoms. The fourth-order valence-corrected chi connectivity index (χ4v) is 0.517. The lowest BCUT2D eigenvalue weighted by molar-refractivity contribution is 0.186. The molecule has 0 unspecified atom stereocenters. The van der Waals surface area contributed by atoms with Crippen molar-refractivity contribution in [2.75, 3.05) is 0 Å². The normalized spacial score (nSPS) is 14.5. The van der Waals surface area contributed by atoms with Crippen LogP contribution < -0.4 is 11.1 Å². The van der Waals surface area contributed by atoms with E-state index in [1.807, 2.05) is 12.3 Å². The van der Waals surface area contributed by atoms with E-state index in [1.54, 1.807) is 12.3 Å². The number of nitrogens with one attached hydrogen (secondary N) is 1. The van der Waals surface area contributed by atoms with E-state index in [9.17, 15) is 0 Å². The first kappa shape index (κ1) is 10.2. The van der Waals surface area contributed by atoms with E-state index in [4.69, 9.17) is 10.8 Å². The van der Waals surface area contributed by atoms with Gasteiger partial charge < -0.3 is 16.2 Å². The lowest BCUT2D eigenvalue weighted by Gasteiger charge is -1.96. The van der Waals surface area contributed by atoms with E-state index in [-0.39, 0.29) is 0 Å². The quantitative estimate of drug-likeness (QED) is 0.513. The summed E-state index contributed by atoms with van der Waals surface area (Å²) in [5.74, 6) is 0. The minimum absolute atomic E-state index is 0.479. The van der Waals surface area contributed by atoms with E-state index >= 15 is 0 Å². The summed E-state index contributed by atoms with van der Waals surface area (Å²) in [6, 6.07) is 0. The topological polar surface area (TPSA) is 58.3 Å². The van der Waals surface area contributed by atoms with Gasteiger partial charge in [-0.15, -0.1) is 0 Å². The van der Waals surface area contributed by atoms with Gasteiger partial charge in [0.05, 0.1) is 0 Å². The van der Waals surface area contributed by atoms with Crippen molar-refractivity contribution in [1.82, 2.24) is 5.32 Å². The molecule has 0 saturated carbocycles. The second-order valence-electron chi connectivity index (χ2n) is 2.18. The minimum Gasteiger partial charge on any atom is -0.379 e. The third kappa shape index (κ3) is 9.20. The molecular formula is C8H16N2O. The molecule has 0 aliphatic carbocycles. The van der Waals surface area contributed by atoms with Gasteiger partial charge in [0.1, 0.15) is 6.23 Å². The van der Waals surface area contributed by atoms with E-state index in [2.05, 4.69) is 12.2 Å². The van der Waals surface area contributed by atoms with Crippen molar-refractivity contribution in [3.8, 4) is 0 Å². The van der Waals surface area contributed by atoms with Crippen molar-refractivity contribution in [1.29, 1.82) is 0 Å². The average molecular weight is 156 g/mol. The molecule has 1 atom stereocenters. The standard InChI is InChI=1S/C8H16N2O/c1-2-3-6-10-7-4-5-8(9)11/h3-4,6-8,10-11H,2,5,9H2,1H3/b6-3-,7-4-/t8-/m1/s1. The zero-order chi connectivity index (χ0) is 8.53. The molecule has 0 amide bonds. The van der Waals surface area contributed by atoms with Gasteiger partial charge >= 0.3 is 0 Å². The molecule has 0 fully saturated rings. The summed E-state index contributed by atoms with van der Waals surface area (Å²) in [4.78, 5) is 0. The summed E-state index contributed by atoms with van der Waals surface area (Å²) in [6.07, 6.45) is 8.13. The Kier molecular flexibility index (Phi) is 6.78. The highest BCUT2D eigenvalue weighted by Gasteiger charge is 1.86. The van der Waals surface area contributed by atoms with Crippen molar-refractivity contribution in [3.05, 3.63) is 24.6 Å². The zero-order valence-electron chi connectivity index (χ0n) is 6.83. The van der Waals surface area contributed by atoms with E-state index < -0.39 is 6.23 Å². The van der Waals surface area contributed by atoms with Crippen LogP contribution >= 0.6 is 0 Å². The van der Waals surface area contributed by atoms with E-state index in [0.717, 1.165) is 6.42 Å². The monoisotopic (exact) mass is 156 g/mol. The van der Waals surface area contributed by atoms with Crippen molar-refractivity contribution in [3.63, 3.8) is 0 Å². The summed E-state index contributed by atoms with van der Waals surface area (Å²) in [5, 5.41) is 11.5. The molecule has 0 aliphatic rings. The van der Waals surface area contributed by atoms with Gasteiger partial charge in [-0.1, -0.05) is 19.1 Å². The van der Waals surface area contributed by atoms with Gasteiger partial charge in [-0.3, -0.25) is 0 Å². The molecule has 3 nitrogen and oxygen atoms in total. The largest absolute Gasteiger partial charge is 0.379 e. The molecule has 4 N–H and O–H groups in total. The smallest absolute Gasteiger partial charge is 0.105 e. The predicted octanol–water partition coefficient (Wildman–Crippen LogP) is 0.681. The Morgan fingerprint density at radius 1 is 1.45 bits per heavy atom. The highest BCUT2D eigenvalue weighted by atomic mass is 16.3. The van der Waals surface area contributed by atoms with Crippen LogP contribution in [0.15, 0.2) is 24.6 Å². The van der Waals surface area contributed by atoms with Gasteiger partial charge in [0, 0.05) is 6.42 Å². The Labute approximate surface area is 67.6 Å². The maximum Gasteiger partial charge on any atom is 0.105 e. The molecule has 0 heterocycles. The van der Waals surface area contributed by atoms with Crippen LogP contribution in [0.25, 0.3) is 0 Å². The van der Waals surface area contributed by atoms with Crippen LogP contribution in [0, 0.1) is 0 Å². The number of aliphatic hydroxyl groups excluding tert-OH is 1. The van der Waals surface area contributed by atoms with Gasteiger partial charge in [0.2, 0.25) is 0 Å². The molecule has 0 aromatic heterocycles. The SMILES string of the molecule is CC/C=C\N/C=C\C[C@H](N)O. The van der Waals surface area contributed by atoms with Crippen LogP contribution in [-0.2, 0) is 0 Å². The van der Waals surface area contributed by atoms with E-state index in [1.165, 1.54) is 0 Å². The highest BCUT2D eigenvalue weighted by molar-refractivity contribution is 4.88. The summed E-state index contributed by atoms with van der Waals surface area (Å²) >= 11 is 0. The molecule has 64 valence electrons. The van der Waals surface area contributed by atoms with Crippen molar-refractivity contribution < 1.29 is 5.11 Å². The molecule has 0 aromatic rings. The molecule has 3 heteroatoms. The first-order valence-corrected chi connectivity index (χ1v) is 3.77. The summed E-state index contributed by atoms with van der Waals surface area (Å²) in [6.45, 7) is 2.06. The van der Waals surface area contributed by atoms with Gasteiger partial charge in [-0.05, 0) is 18.8 Å². The second-order valence-corrected chi connectivity index (χ2v) is 2.18. The number of rotatable bonds is 5. The number of nitrogens with two attached hydrogens (primary N) is 1. The third-order valence-electron chi connectivity index (χ3n) is 1.04. The predicted molar refractivity (Wildman–Crippen MR) is 46.5 cm³/mol. The maximum atomic E-state index is 8.64. The molecule has 0 radical (unpaired) electrons. The fourth-order valence-electron chi connectivity index (χ4n) is 0.517. The number of aliphatic hydroxyl groups is 1. The maximum absolute atomic E-state index is 8.64. The van der Waals surface area contributed by atoms with Gasteiger partial charge in [-0.25, -0.2) is 0 Å². The summed E-state index contributed by atoms with van der Waals surface area (Å²) in [5.41, 5.74) is 5.09. The first-order chi connectivity index (χ1) is 5.27. The summed E-state index contributed by atoms with van der Waals surface area (Å²) < 4.78 is 0. The zero-order valence-corrected chi connectivity index (χ0v) is 6.83. The summed E-state index contributed by atoms with van der Waals surface area (Å²) in [7, 11) is 0. The Bertz CT molecular complexity index is 130.